The van der Waals surface area contributed by atoms with Crippen LogP contribution in [0.5, 0.6) is 5.75 Å². The number of likely N-dealkylation sites (N-methyl/N-ethyl adjacent to an activating group) is 1. The molecular weight excluding hydrogens is 485 g/mol. The lowest BCUT2D eigenvalue weighted by atomic mass is 10.00. The summed E-state index contributed by atoms with van der Waals surface area (Å²) < 4.78 is 19.1. The monoisotopic (exact) mass is 515 g/mol. The first-order valence-corrected chi connectivity index (χ1v) is 12.6. The number of amides is 1. The van der Waals surface area contributed by atoms with Crippen LogP contribution < -0.4 is 10.1 Å². The quantitative estimate of drug-likeness (QED) is 0.520. The van der Waals surface area contributed by atoms with E-state index in [0.717, 1.165) is 32.6 Å². The maximum atomic E-state index is 13.4. The third-order valence-electron chi connectivity index (χ3n) is 6.65. The molecule has 0 bridgehead atoms. The minimum atomic E-state index is -0.529. The SMILES string of the molecule is CCN(CC)C1CCN(C(=O)CNCc2nccc3c2N=C(COc2ccc(F)c(Cl)c2)CC3=O)C1. The largest absolute Gasteiger partial charge is 0.488 e. The molecule has 0 radical (unpaired) electrons. The van der Waals surface area contributed by atoms with E-state index >= 15 is 0 Å². The number of rotatable bonds is 10. The van der Waals surface area contributed by atoms with Gasteiger partial charge in [-0.1, -0.05) is 25.4 Å². The number of ketones is 1. The van der Waals surface area contributed by atoms with Gasteiger partial charge in [0.15, 0.2) is 5.78 Å². The second-order valence-electron chi connectivity index (χ2n) is 8.90. The third-order valence-corrected chi connectivity index (χ3v) is 6.93. The molecule has 1 fully saturated rings. The van der Waals surface area contributed by atoms with Gasteiger partial charge in [0.25, 0.3) is 0 Å². The molecule has 2 aromatic rings. The zero-order chi connectivity index (χ0) is 25.7. The van der Waals surface area contributed by atoms with E-state index in [4.69, 9.17) is 16.3 Å². The van der Waals surface area contributed by atoms with E-state index in [1.165, 1.54) is 18.2 Å². The zero-order valence-corrected chi connectivity index (χ0v) is 21.4. The Morgan fingerprint density at radius 2 is 2.11 bits per heavy atom. The maximum absolute atomic E-state index is 13.4. The number of hydrogen-bond acceptors (Lipinski definition) is 7. The van der Waals surface area contributed by atoms with Gasteiger partial charge in [-0.25, -0.2) is 4.39 Å². The highest BCUT2D eigenvalue weighted by atomic mass is 35.5. The molecule has 36 heavy (non-hydrogen) atoms. The maximum Gasteiger partial charge on any atom is 0.236 e. The van der Waals surface area contributed by atoms with E-state index in [2.05, 4.69) is 34.0 Å². The van der Waals surface area contributed by atoms with Crippen LogP contribution in [-0.4, -0.2) is 77.6 Å². The number of benzene rings is 1. The Balaban J connectivity index is 1.36. The van der Waals surface area contributed by atoms with Crippen molar-refractivity contribution in [3.8, 4) is 5.75 Å². The number of Topliss-reactive ketones (excluding diaryl/α,β-unsaturated/α-hetero) is 1. The molecule has 8 nitrogen and oxygen atoms in total. The van der Waals surface area contributed by atoms with Crippen LogP contribution in [0.25, 0.3) is 0 Å². The number of ether oxygens (including phenoxy) is 1. The zero-order valence-electron chi connectivity index (χ0n) is 20.6. The minimum absolute atomic E-state index is 0.0379. The number of pyridine rings is 1. The molecule has 2 aliphatic rings. The van der Waals surface area contributed by atoms with E-state index in [1.807, 2.05) is 4.90 Å². The van der Waals surface area contributed by atoms with Crippen molar-refractivity contribution in [3.63, 3.8) is 0 Å². The lowest BCUT2D eigenvalue weighted by Gasteiger charge is -2.26. The smallest absolute Gasteiger partial charge is 0.236 e. The Bertz CT molecular complexity index is 1150. The van der Waals surface area contributed by atoms with Gasteiger partial charge in [-0.2, -0.15) is 0 Å². The van der Waals surface area contributed by atoms with Crippen molar-refractivity contribution < 1.29 is 18.7 Å². The molecule has 0 spiro atoms. The molecule has 1 atom stereocenters. The molecule has 3 heterocycles. The number of fused-ring (bicyclic) bond motifs is 1. The van der Waals surface area contributed by atoms with Gasteiger partial charge in [-0.05, 0) is 37.7 Å². The van der Waals surface area contributed by atoms with Crippen LogP contribution in [0.2, 0.25) is 5.02 Å². The summed E-state index contributed by atoms with van der Waals surface area (Å²) in [7, 11) is 0. The molecule has 4 rings (SSSR count). The Kier molecular flexibility index (Phi) is 8.66. The standard InChI is InChI=1S/C26H31ClFN5O3/c1-3-32(4-2)18-8-10-33(15-18)25(35)14-29-13-23-26-20(7-9-30-23)24(34)11-17(31-26)16-36-19-5-6-22(28)21(27)12-19/h5-7,9,12,18,29H,3-4,8,10-11,13-16H2,1-2H3. The second kappa shape index (κ2) is 11.9. The lowest BCUT2D eigenvalue weighted by Crippen LogP contribution is -2.41. The van der Waals surface area contributed by atoms with Crippen LogP contribution in [0.1, 0.15) is 42.7 Å². The summed E-state index contributed by atoms with van der Waals surface area (Å²) in [6.45, 7) is 8.33. The van der Waals surface area contributed by atoms with E-state index in [9.17, 15) is 14.0 Å². The van der Waals surface area contributed by atoms with Gasteiger partial charge >= 0.3 is 0 Å². The number of aliphatic imine (C=N–C) groups is 1. The summed E-state index contributed by atoms with van der Waals surface area (Å²) in [4.78, 5) is 38.8. The first-order valence-electron chi connectivity index (χ1n) is 12.3. The van der Waals surface area contributed by atoms with Crippen molar-refractivity contribution in [1.82, 2.24) is 20.1 Å². The predicted molar refractivity (Wildman–Crippen MR) is 137 cm³/mol. The highest BCUT2D eigenvalue weighted by molar-refractivity contribution is 6.30. The van der Waals surface area contributed by atoms with Crippen molar-refractivity contribution in [2.75, 3.05) is 39.3 Å². The molecule has 1 aromatic carbocycles. The van der Waals surface area contributed by atoms with Crippen molar-refractivity contribution >= 4 is 34.7 Å². The number of nitrogens with one attached hydrogen (secondary N) is 1. The van der Waals surface area contributed by atoms with Gasteiger partial charge in [0.2, 0.25) is 5.91 Å². The Morgan fingerprint density at radius 3 is 2.86 bits per heavy atom. The summed E-state index contributed by atoms with van der Waals surface area (Å²) in [5.74, 6) is -0.159. The number of carbonyl (C=O) groups excluding carboxylic acids is 2. The molecule has 0 aliphatic carbocycles. The summed E-state index contributed by atoms with van der Waals surface area (Å²) in [6, 6.07) is 6.15. The molecule has 192 valence electrons. The molecule has 1 aromatic heterocycles. The van der Waals surface area contributed by atoms with Crippen LogP contribution in [0, 0.1) is 5.82 Å². The number of halogens is 2. The molecule has 1 saturated heterocycles. The highest BCUT2D eigenvalue weighted by Gasteiger charge is 2.29. The number of aromatic nitrogens is 1. The number of hydrogen-bond donors (Lipinski definition) is 1. The van der Waals surface area contributed by atoms with Crippen LogP contribution in [0.15, 0.2) is 35.5 Å². The summed E-state index contributed by atoms with van der Waals surface area (Å²) in [5.41, 5.74) is 2.13. The number of carbonyl (C=O) groups is 2. The molecule has 1 N–H and O–H groups in total. The van der Waals surface area contributed by atoms with E-state index in [0.29, 0.717) is 41.0 Å². The van der Waals surface area contributed by atoms with Gasteiger partial charge < -0.3 is 15.0 Å². The van der Waals surface area contributed by atoms with Crippen LogP contribution in [0.3, 0.4) is 0 Å². The molecule has 0 saturated carbocycles. The Morgan fingerprint density at radius 1 is 1.31 bits per heavy atom. The van der Waals surface area contributed by atoms with E-state index < -0.39 is 5.82 Å². The normalized spacial score (nSPS) is 17.4. The highest BCUT2D eigenvalue weighted by Crippen LogP contribution is 2.29. The van der Waals surface area contributed by atoms with Gasteiger partial charge in [0, 0.05) is 43.5 Å². The van der Waals surface area contributed by atoms with Crippen molar-refractivity contribution in [1.29, 1.82) is 0 Å². The van der Waals surface area contributed by atoms with Crippen LogP contribution in [-0.2, 0) is 11.3 Å². The van der Waals surface area contributed by atoms with E-state index in [1.54, 1.807) is 12.3 Å². The minimum Gasteiger partial charge on any atom is -0.488 e. The number of nitrogens with zero attached hydrogens (tertiary/aromatic N) is 4. The summed E-state index contributed by atoms with van der Waals surface area (Å²) >= 11 is 5.81. The summed E-state index contributed by atoms with van der Waals surface area (Å²) in [5, 5.41) is 3.13. The van der Waals surface area contributed by atoms with Crippen LogP contribution in [0.4, 0.5) is 10.1 Å². The fourth-order valence-electron chi connectivity index (χ4n) is 4.68. The van der Waals surface area contributed by atoms with Gasteiger partial charge in [-0.15, -0.1) is 0 Å². The third kappa shape index (κ3) is 6.08. The van der Waals surface area contributed by atoms with Crippen molar-refractivity contribution in [2.24, 2.45) is 4.99 Å². The van der Waals surface area contributed by atoms with Gasteiger partial charge in [-0.3, -0.25) is 24.5 Å². The molecule has 2 aliphatic heterocycles. The fraction of sp³-hybridized carbons (Fsp3) is 0.462. The number of likely N-dealkylation sites (tertiary alicyclic amines) is 1. The van der Waals surface area contributed by atoms with Crippen molar-refractivity contribution in [2.45, 2.75) is 39.3 Å². The van der Waals surface area contributed by atoms with Crippen molar-refractivity contribution in [3.05, 3.63) is 52.6 Å². The first kappa shape index (κ1) is 26.2. The molecular formula is C26H31ClFN5O3. The van der Waals surface area contributed by atoms with E-state index in [-0.39, 0.29) is 36.3 Å². The topological polar surface area (TPSA) is 87.1 Å². The average molecular weight is 516 g/mol. The lowest BCUT2D eigenvalue weighted by molar-refractivity contribution is -0.129. The predicted octanol–water partition coefficient (Wildman–Crippen LogP) is 3.64. The van der Waals surface area contributed by atoms with Crippen LogP contribution >= 0.6 is 11.6 Å². The first-order chi connectivity index (χ1) is 17.4. The Hall–Kier alpha value is -2.88. The van der Waals surface area contributed by atoms with Gasteiger partial charge in [0.05, 0.1) is 35.1 Å². The molecule has 10 heteroatoms. The average Bonchev–Trinajstić information content (AvgIpc) is 3.36. The molecule has 1 unspecified atom stereocenters. The Labute approximate surface area is 215 Å². The second-order valence-corrected chi connectivity index (χ2v) is 9.31. The summed E-state index contributed by atoms with van der Waals surface area (Å²) in [6.07, 6.45) is 2.70. The fourth-order valence-corrected chi connectivity index (χ4v) is 4.85. The van der Waals surface area contributed by atoms with Gasteiger partial charge in [0.1, 0.15) is 18.2 Å². The molecule has 1 amide bonds.